The number of benzene rings is 1. The van der Waals surface area contributed by atoms with Gasteiger partial charge in [0.2, 0.25) is 10.0 Å². The number of amides is 1. The summed E-state index contributed by atoms with van der Waals surface area (Å²) in [6.07, 6.45) is -1.28. The lowest BCUT2D eigenvalue weighted by Gasteiger charge is -2.23. The van der Waals surface area contributed by atoms with E-state index < -0.39 is 39.5 Å². The lowest BCUT2D eigenvalue weighted by Crippen LogP contribution is -2.44. The number of carbonyl (C=O) groups excluding carboxylic acids is 1. The first-order chi connectivity index (χ1) is 9.66. The molecule has 5 N–H and O–H groups in total. The Bertz CT molecular complexity index is 591. The largest absolute Gasteiger partial charge is 0.394 e. The molecule has 10 heteroatoms. The van der Waals surface area contributed by atoms with Crippen molar-refractivity contribution in [2.24, 2.45) is 5.14 Å². The van der Waals surface area contributed by atoms with E-state index >= 15 is 0 Å². The van der Waals surface area contributed by atoms with Crippen LogP contribution in [-0.4, -0.2) is 42.0 Å². The zero-order valence-corrected chi connectivity index (χ0v) is 12.9. The summed E-state index contributed by atoms with van der Waals surface area (Å²) in [7, 11) is -3.84. The van der Waals surface area contributed by atoms with Crippen LogP contribution in [-0.2, 0) is 14.8 Å². The molecule has 2 unspecified atom stereocenters. The molecule has 0 fully saturated rings. The van der Waals surface area contributed by atoms with Gasteiger partial charge in [-0.2, -0.15) is 0 Å². The SMILES string of the molecule is NS(=O)(=O)c1ccc(C(O)C(CO)NC(=O)C(Cl)Cl)cc1. The Kier molecular flexibility index (Phi) is 6.39. The summed E-state index contributed by atoms with van der Waals surface area (Å²) in [6.45, 7) is -0.565. The minimum Gasteiger partial charge on any atom is -0.394 e. The van der Waals surface area contributed by atoms with E-state index in [1.165, 1.54) is 24.3 Å². The van der Waals surface area contributed by atoms with Crippen molar-refractivity contribution < 1.29 is 23.4 Å². The van der Waals surface area contributed by atoms with Crippen molar-refractivity contribution >= 4 is 39.1 Å². The molecule has 7 nitrogen and oxygen atoms in total. The highest BCUT2D eigenvalue weighted by Crippen LogP contribution is 2.19. The van der Waals surface area contributed by atoms with Gasteiger partial charge in [-0.3, -0.25) is 4.79 Å². The zero-order valence-electron chi connectivity index (χ0n) is 10.6. The molecule has 0 aliphatic rings. The van der Waals surface area contributed by atoms with Crippen molar-refractivity contribution in [1.82, 2.24) is 5.32 Å². The number of aliphatic hydroxyl groups excluding tert-OH is 2. The first-order valence-electron chi connectivity index (χ1n) is 5.67. The van der Waals surface area contributed by atoms with E-state index in [0.29, 0.717) is 0 Å². The van der Waals surface area contributed by atoms with E-state index in [-0.39, 0.29) is 10.5 Å². The highest BCUT2D eigenvalue weighted by Gasteiger charge is 2.24. The molecule has 118 valence electrons. The maximum absolute atomic E-state index is 11.3. The van der Waals surface area contributed by atoms with Gasteiger partial charge in [0, 0.05) is 0 Å². The average Bonchev–Trinajstić information content (AvgIpc) is 2.42. The van der Waals surface area contributed by atoms with Crippen LogP contribution in [0.4, 0.5) is 0 Å². The first kappa shape index (κ1) is 18.1. The van der Waals surface area contributed by atoms with Crippen LogP contribution in [0, 0.1) is 0 Å². The summed E-state index contributed by atoms with van der Waals surface area (Å²) >= 11 is 10.7. The fourth-order valence-electron chi connectivity index (χ4n) is 1.56. The fraction of sp³-hybridized carbons (Fsp3) is 0.364. The summed E-state index contributed by atoms with van der Waals surface area (Å²) in [4.78, 5) is 9.88. The van der Waals surface area contributed by atoms with Gasteiger partial charge in [-0.15, -0.1) is 0 Å². The van der Waals surface area contributed by atoms with Crippen LogP contribution >= 0.6 is 23.2 Å². The number of aliphatic hydroxyl groups is 2. The van der Waals surface area contributed by atoms with Gasteiger partial charge in [-0.25, -0.2) is 13.6 Å². The minimum atomic E-state index is -3.84. The predicted octanol–water partition coefficient (Wildman–Crippen LogP) is -0.352. The number of primary sulfonamides is 1. The molecular weight excluding hydrogens is 343 g/mol. The number of hydrogen-bond donors (Lipinski definition) is 4. The molecule has 1 amide bonds. The smallest absolute Gasteiger partial charge is 0.253 e. The van der Waals surface area contributed by atoms with Gasteiger partial charge in [0.05, 0.1) is 17.5 Å². The minimum absolute atomic E-state index is 0.121. The Morgan fingerprint density at radius 3 is 2.19 bits per heavy atom. The molecule has 1 rings (SSSR count). The van der Waals surface area contributed by atoms with Crippen molar-refractivity contribution in [3.05, 3.63) is 29.8 Å². The van der Waals surface area contributed by atoms with Gasteiger partial charge in [0.25, 0.3) is 5.91 Å². The van der Waals surface area contributed by atoms with E-state index in [1.807, 2.05) is 0 Å². The Labute approximate surface area is 131 Å². The van der Waals surface area contributed by atoms with Gasteiger partial charge >= 0.3 is 0 Å². The van der Waals surface area contributed by atoms with Crippen LogP contribution < -0.4 is 10.5 Å². The molecule has 2 atom stereocenters. The summed E-state index contributed by atoms with van der Waals surface area (Å²) in [5, 5.41) is 26.5. The molecule has 1 aromatic rings. The van der Waals surface area contributed by atoms with Gasteiger partial charge in [0.15, 0.2) is 4.84 Å². The van der Waals surface area contributed by atoms with Crippen molar-refractivity contribution in [2.45, 2.75) is 21.9 Å². The number of nitrogens with one attached hydrogen (secondary N) is 1. The maximum atomic E-state index is 11.3. The Balaban J connectivity index is 2.90. The van der Waals surface area contributed by atoms with Crippen molar-refractivity contribution in [3.8, 4) is 0 Å². The zero-order chi connectivity index (χ0) is 16.2. The van der Waals surface area contributed by atoms with Crippen LogP contribution in [0.15, 0.2) is 29.2 Å². The predicted molar refractivity (Wildman–Crippen MR) is 77.3 cm³/mol. The fourth-order valence-corrected chi connectivity index (χ4v) is 2.20. The van der Waals surface area contributed by atoms with E-state index in [1.54, 1.807) is 0 Å². The van der Waals surface area contributed by atoms with Crippen LogP contribution in [0.2, 0.25) is 0 Å². The second-order valence-electron chi connectivity index (χ2n) is 4.16. The molecule has 1 aromatic carbocycles. The summed E-state index contributed by atoms with van der Waals surface area (Å²) in [5.41, 5.74) is 0.280. The summed E-state index contributed by atoms with van der Waals surface area (Å²) in [5.74, 6) is -0.766. The van der Waals surface area contributed by atoms with Gasteiger partial charge in [-0.1, -0.05) is 35.3 Å². The molecule has 0 aliphatic heterocycles. The topological polar surface area (TPSA) is 130 Å². The van der Waals surface area contributed by atoms with Crippen LogP contribution in [0.25, 0.3) is 0 Å². The molecular formula is C11H14Cl2N2O5S. The quantitative estimate of drug-likeness (QED) is 0.517. The van der Waals surface area contributed by atoms with Gasteiger partial charge in [-0.05, 0) is 17.7 Å². The highest BCUT2D eigenvalue weighted by atomic mass is 35.5. The summed E-state index contributed by atoms with van der Waals surface area (Å²) < 4.78 is 22.2. The molecule has 0 aromatic heterocycles. The third-order valence-electron chi connectivity index (χ3n) is 2.65. The van der Waals surface area contributed by atoms with E-state index in [2.05, 4.69) is 5.32 Å². The number of hydrogen-bond acceptors (Lipinski definition) is 5. The monoisotopic (exact) mass is 356 g/mol. The third-order valence-corrected chi connectivity index (χ3v) is 3.98. The standard InChI is InChI=1S/C11H14Cl2N2O5S/c12-10(13)11(18)15-8(5-16)9(17)6-1-3-7(4-2-6)21(14,19)20/h1-4,8-10,16-17H,5H2,(H,15,18)(H2,14,19,20). The molecule has 0 heterocycles. The van der Waals surface area contributed by atoms with E-state index in [0.717, 1.165) is 0 Å². The summed E-state index contributed by atoms with van der Waals surface area (Å²) in [6, 6.07) is 4.00. The van der Waals surface area contributed by atoms with Gasteiger partial charge < -0.3 is 15.5 Å². The van der Waals surface area contributed by atoms with E-state index in [9.17, 15) is 23.4 Å². The number of carbonyl (C=O) groups is 1. The number of rotatable bonds is 6. The lowest BCUT2D eigenvalue weighted by molar-refractivity contribution is -0.121. The molecule has 0 bridgehead atoms. The highest BCUT2D eigenvalue weighted by molar-refractivity contribution is 7.89. The Morgan fingerprint density at radius 1 is 1.29 bits per heavy atom. The third kappa shape index (κ3) is 5.10. The molecule has 0 radical (unpaired) electrons. The number of alkyl halides is 2. The van der Waals surface area contributed by atoms with E-state index in [4.69, 9.17) is 28.3 Å². The van der Waals surface area contributed by atoms with Crippen molar-refractivity contribution in [3.63, 3.8) is 0 Å². The lowest BCUT2D eigenvalue weighted by atomic mass is 10.0. The number of sulfonamides is 1. The van der Waals surface area contributed by atoms with Crippen LogP contribution in [0.1, 0.15) is 11.7 Å². The molecule has 0 spiro atoms. The number of halogens is 2. The van der Waals surface area contributed by atoms with Crippen molar-refractivity contribution in [1.29, 1.82) is 0 Å². The molecule has 0 saturated heterocycles. The van der Waals surface area contributed by atoms with Crippen molar-refractivity contribution in [2.75, 3.05) is 6.61 Å². The maximum Gasteiger partial charge on any atom is 0.253 e. The average molecular weight is 357 g/mol. The Morgan fingerprint density at radius 2 is 1.81 bits per heavy atom. The number of nitrogens with two attached hydrogens (primary N) is 1. The first-order valence-corrected chi connectivity index (χ1v) is 8.09. The second kappa shape index (κ2) is 7.39. The molecule has 21 heavy (non-hydrogen) atoms. The van der Waals surface area contributed by atoms with Crippen LogP contribution in [0.5, 0.6) is 0 Å². The Hall–Kier alpha value is -0.900. The molecule has 0 saturated carbocycles. The van der Waals surface area contributed by atoms with Crippen LogP contribution in [0.3, 0.4) is 0 Å². The molecule has 0 aliphatic carbocycles. The normalized spacial score (nSPS) is 14.8. The second-order valence-corrected chi connectivity index (χ2v) is 6.81. The van der Waals surface area contributed by atoms with Gasteiger partial charge in [0.1, 0.15) is 6.10 Å².